The Kier molecular flexibility index (Phi) is 8.19. The first-order chi connectivity index (χ1) is 15.2. The molecule has 0 saturated heterocycles. The predicted octanol–water partition coefficient (Wildman–Crippen LogP) is 4.27. The van der Waals surface area contributed by atoms with Crippen LogP contribution in [0.25, 0.3) is 0 Å². The van der Waals surface area contributed by atoms with Gasteiger partial charge in [0.05, 0.1) is 30.1 Å². The number of nitrogens with zero attached hydrogens (tertiary/aromatic N) is 2. The van der Waals surface area contributed by atoms with Crippen LogP contribution in [0.5, 0.6) is 11.5 Å². The van der Waals surface area contributed by atoms with Gasteiger partial charge in [0.25, 0.3) is 5.91 Å². The molecule has 1 N–H and O–H groups in total. The zero-order valence-electron chi connectivity index (χ0n) is 16.9. The zero-order valence-corrected chi connectivity index (χ0v) is 17.7. The number of hydrogen-bond donors (Lipinski definition) is 1. The molecule has 0 aliphatic heterocycles. The van der Waals surface area contributed by atoms with Crippen molar-refractivity contribution in [1.29, 1.82) is 0 Å². The van der Waals surface area contributed by atoms with E-state index in [2.05, 4.69) is 15.2 Å². The number of carbonyl (C=O) groups excluding carboxylic acids is 1. The molecule has 1 aromatic heterocycles. The molecule has 0 radical (unpaired) electrons. The second kappa shape index (κ2) is 10.9. The van der Waals surface area contributed by atoms with Crippen LogP contribution in [-0.4, -0.2) is 47.9 Å². The molecule has 12 heteroatoms. The van der Waals surface area contributed by atoms with Gasteiger partial charge >= 0.3 is 6.36 Å². The van der Waals surface area contributed by atoms with Crippen LogP contribution in [0.1, 0.15) is 31.7 Å². The summed E-state index contributed by atoms with van der Waals surface area (Å²) in [5.41, 5.74) is 0. The minimum absolute atomic E-state index is 0.0184. The number of halogens is 5. The van der Waals surface area contributed by atoms with E-state index < -0.39 is 18.8 Å². The number of aromatic nitrogens is 2. The van der Waals surface area contributed by atoms with Gasteiger partial charge in [0.15, 0.2) is 12.4 Å². The van der Waals surface area contributed by atoms with Crippen molar-refractivity contribution in [3.63, 3.8) is 0 Å². The highest BCUT2D eigenvalue weighted by molar-refractivity contribution is 6.30. The van der Waals surface area contributed by atoms with Gasteiger partial charge in [-0.2, -0.15) is 5.10 Å². The summed E-state index contributed by atoms with van der Waals surface area (Å²) in [5, 5.41) is 7.08. The molecule has 1 amide bonds. The summed E-state index contributed by atoms with van der Waals surface area (Å²) in [4.78, 5) is 12.1. The maximum Gasteiger partial charge on any atom is 0.522 e. The Labute approximate surface area is 186 Å². The predicted molar refractivity (Wildman–Crippen MR) is 106 cm³/mol. The molecular weight excluding hydrogens is 458 g/mol. The lowest BCUT2D eigenvalue weighted by Crippen LogP contribution is -2.40. The second-order valence-corrected chi connectivity index (χ2v) is 7.64. The van der Waals surface area contributed by atoms with Crippen LogP contribution in [0.3, 0.4) is 0 Å². The van der Waals surface area contributed by atoms with E-state index in [0.717, 1.165) is 31.7 Å². The van der Waals surface area contributed by atoms with Crippen LogP contribution in [0, 0.1) is 5.82 Å². The molecule has 0 atom stereocenters. The number of hydrogen-bond acceptors (Lipinski definition) is 5. The van der Waals surface area contributed by atoms with Crippen molar-refractivity contribution < 1.29 is 36.6 Å². The van der Waals surface area contributed by atoms with E-state index in [1.807, 2.05) is 0 Å². The molecule has 0 bridgehead atoms. The molecule has 0 unspecified atom stereocenters. The van der Waals surface area contributed by atoms with Crippen LogP contribution in [0.2, 0.25) is 5.02 Å². The zero-order chi connectivity index (χ0) is 23.1. The van der Waals surface area contributed by atoms with E-state index >= 15 is 0 Å². The fraction of sp³-hybridized carbons (Fsp3) is 0.500. The summed E-state index contributed by atoms with van der Waals surface area (Å²) < 4.78 is 65.1. The van der Waals surface area contributed by atoms with Gasteiger partial charge in [-0.3, -0.25) is 14.2 Å². The molecule has 1 aliphatic rings. The summed E-state index contributed by atoms with van der Waals surface area (Å²) in [7, 11) is 0. The molecule has 7 nitrogen and oxygen atoms in total. The lowest BCUT2D eigenvalue weighted by molar-refractivity contribution is -0.325. The topological polar surface area (TPSA) is 74.6 Å². The van der Waals surface area contributed by atoms with Gasteiger partial charge in [-0.1, -0.05) is 11.6 Å². The lowest BCUT2D eigenvalue weighted by atomic mass is 9.91. The summed E-state index contributed by atoms with van der Waals surface area (Å²) in [6.45, 7) is -1.08. The molecule has 32 heavy (non-hydrogen) atoms. The third-order valence-corrected chi connectivity index (χ3v) is 5.20. The van der Waals surface area contributed by atoms with E-state index in [1.54, 1.807) is 10.9 Å². The first kappa shape index (κ1) is 24.1. The molecule has 1 heterocycles. The molecule has 2 aromatic rings. The van der Waals surface area contributed by atoms with Crippen molar-refractivity contribution in [3.05, 3.63) is 41.4 Å². The Morgan fingerprint density at radius 3 is 2.59 bits per heavy atom. The second-order valence-electron chi connectivity index (χ2n) is 7.24. The maximum absolute atomic E-state index is 13.4. The fourth-order valence-corrected chi connectivity index (χ4v) is 3.50. The van der Waals surface area contributed by atoms with Crippen molar-refractivity contribution >= 4 is 17.5 Å². The Morgan fingerprint density at radius 2 is 1.91 bits per heavy atom. The summed E-state index contributed by atoms with van der Waals surface area (Å²) in [6.07, 6.45) is 1.36. The summed E-state index contributed by atoms with van der Waals surface area (Å²) in [6, 6.07) is 4.03. The molecule has 1 saturated carbocycles. The molecule has 3 rings (SSSR count). The van der Waals surface area contributed by atoms with Crippen LogP contribution < -0.4 is 14.8 Å². The summed E-state index contributed by atoms with van der Waals surface area (Å²) in [5.74, 6) is -0.348. The van der Waals surface area contributed by atoms with Gasteiger partial charge in [-0.05, 0) is 37.8 Å². The minimum Gasteiger partial charge on any atom is -0.488 e. The van der Waals surface area contributed by atoms with Crippen molar-refractivity contribution in [2.45, 2.75) is 44.1 Å². The smallest absolute Gasteiger partial charge is 0.488 e. The van der Waals surface area contributed by atoms with Gasteiger partial charge in [0.2, 0.25) is 0 Å². The van der Waals surface area contributed by atoms with Crippen molar-refractivity contribution in [3.8, 4) is 11.5 Å². The normalized spacial score (nSPS) is 18.9. The first-order valence-corrected chi connectivity index (χ1v) is 10.3. The van der Waals surface area contributed by atoms with Crippen LogP contribution in [0.4, 0.5) is 17.6 Å². The van der Waals surface area contributed by atoms with Gasteiger partial charge in [-0.25, -0.2) is 4.39 Å². The van der Waals surface area contributed by atoms with Crippen LogP contribution >= 0.6 is 11.6 Å². The van der Waals surface area contributed by atoms with E-state index in [9.17, 15) is 22.4 Å². The Morgan fingerprint density at radius 1 is 1.16 bits per heavy atom. The van der Waals surface area contributed by atoms with Crippen molar-refractivity contribution in [1.82, 2.24) is 15.1 Å². The monoisotopic (exact) mass is 479 g/mol. The number of carbonyl (C=O) groups is 1. The molecular formula is C20H22ClF4N3O4. The number of alkyl halides is 3. The molecule has 0 spiro atoms. The highest BCUT2D eigenvalue weighted by Gasteiger charge is 2.29. The Balaban J connectivity index is 1.36. The molecule has 1 aliphatic carbocycles. The van der Waals surface area contributed by atoms with Crippen molar-refractivity contribution in [2.24, 2.45) is 0 Å². The van der Waals surface area contributed by atoms with Gasteiger partial charge < -0.3 is 14.8 Å². The largest absolute Gasteiger partial charge is 0.522 e. The van der Waals surface area contributed by atoms with Gasteiger partial charge in [0.1, 0.15) is 18.2 Å². The lowest BCUT2D eigenvalue weighted by Gasteiger charge is -2.29. The number of ether oxygens (including phenoxy) is 3. The number of benzene rings is 1. The third-order valence-electron chi connectivity index (χ3n) is 4.89. The number of nitrogens with one attached hydrogen (secondary N) is 1. The van der Waals surface area contributed by atoms with Gasteiger partial charge in [-0.15, -0.1) is 13.2 Å². The third kappa shape index (κ3) is 7.56. The summed E-state index contributed by atoms with van der Waals surface area (Å²) >= 11 is 5.61. The molecule has 1 aromatic carbocycles. The van der Waals surface area contributed by atoms with Crippen molar-refractivity contribution in [2.75, 3.05) is 19.8 Å². The maximum atomic E-state index is 13.4. The highest BCUT2D eigenvalue weighted by atomic mass is 35.5. The van der Waals surface area contributed by atoms with E-state index in [-0.39, 0.29) is 42.0 Å². The van der Waals surface area contributed by atoms with E-state index in [0.29, 0.717) is 5.75 Å². The highest BCUT2D eigenvalue weighted by Crippen LogP contribution is 2.29. The van der Waals surface area contributed by atoms with Gasteiger partial charge in [0, 0.05) is 12.1 Å². The first-order valence-electron chi connectivity index (χ1n) is 9.94. The number of amides is 1. The minimum atomic E-state index is -4.68. The Hall–Kier alpha value is -2.53. The Bertz CT molecular complexity index is 901. The van der Waals surface area contributed by atoms with E-state index in [1.165, 1.54) is 18.3 Å². The molecule has 1 fully saturated rings. The fourth-order valence-electron chi connectivity index (χ4n) is 3.38. The number of rotatable bonds is 9. The van der Waals surface area contributed by atoms with Crippen LogP contribution in [-0.2, 0) is 9.53 Å². The standard InChI is InChI=1S/C20H22ClF4N3O4/c21-17-6-5-15(9-18(17)22)31-12-19(29)27-13-1-3-14(4-2-13)28-11-16(10-26-28)30-7-8-32-20(23,24)25/h5-6,9-11,13-14H,1-4,7-8,12H2,(H,27,29). The van der Waals surface area contributed by atoms with E-state index in [4.69, 9.17) is 21.1 Å². The SMILES string of the molecule is O=C(COc1ccc(Cl)c(F)c1)NC1CCC(n2cc(OCCOC(F)(F)F)cn2)CC1. The molecule has 176 valence electrons. The quantitative estimate of drug-likeness (QED) is 0.429. The van der Waals surface area contributed by atoms with Crippen LogP contribution in [0.15, 0.2) is 30.6 Å². The average Bonchev–Trinajstić information content (AvgIpc) is 3.21. The average molecular weight is 480 g/mol.